The van der Waals surface area contributed by atoms with Crippen LogP contribution >= 0.6 is 11.8 Å². The van der Waals surface area contributed by atoms with E-state index in [0.717, 1.165) is 24.2 Å². The largest absolute Gasteiger partial charge is 0.389 e. The SMILES string of the molecule is CCCCSC(=O)Nc1cccc(CON=C(c2ccccc2)c2nnnn2C)n1. The monoisotopic (exact) mass is 425 g/mol. The second-order valence-electron chi connectivity index (χ2n) is 6.33. The number of nitrogens with zero attached hydrogens (tertiary/aromatic N) is 6. The number of aromatic nitrogens is 5. The van der Waals surface area contributed by atoms with E-state index in [2.05, 4.69) is 37.9 Å². The van der Waals surface area contributed by atoms with Gasteiger partial charge in [0.1, 0.15) is 5.82 Å². The van der Waals surface area contributed by atoms with Crippen molar-refractivity contribution in [1.29, 1.82) is 0 Å². The summed E-state index contributed by atoms with van der Waals surface area (Å²) >= 11 is 1.26. The zero-order valence-corrected chi connectivity index (χ0v) is 17.7. The second-order valence-corrected chi connectivity index (χ2v) is 7.40. The van der Waals surface area contributed by atoms with Crippen molar-refractivity contribution in [3.8, 4) is 0 Å². The zero-order chi connectivity index (χ0) is 21.2. The predicted molar refractivity (Wildman–Crippen MR) is 116 cm³/mol. The number of hydrogen-bond acceptors (Lipinski definition) is 8. The Balaban J connectivity index is 1.67. The van der Waals surface area contributed by atoms with Crippen LogP contribution < -0.4 is 5.32 Å². The third-order valence-corrected chi connectivity index (χ3v) is 4.87. The lowest BCUT2D eigenvalue weighted by atomic mass is 10.1. The molecule has 0 aliphatic heterocycles. The molecule has 0 bridgehead atoms. The normalized spacial score (nSPS) is 11.3. The molecule has 0 aliphatic carbocycles. The first-order valence-corrected chi connectivity index (χ1v) is 10.5. The highest BCUT2D eigenvalue weighted by molar-refractivity contribution is 8.13. The molecule has 0 aliphatic rings. The minimum atomic E-state index is -0.117. The second kappa shape index (κ2) is 11.1. The summed E-state index contributed by atoms with van der Waals surface area (Å²) < 4.78 is 1.53. The Labute approximate surface area is 178 Å². The van der Waals surface area contributed by atoms with Crippen LogP contribution in [-0.4, -0.2) is 41.9 Å². The Morgan fingerprint density at radius 2 is 2.03 bits per heavy atom. The molecule has 10 heteroatoms. The number of carbonyl (C=O) groups is 1. The van der Waals surface area contributed by atoms with Crippen LogP contribution in [-0.2, 0) is 18.5 Å². The van der Waals surface area contributed by atoms with Crippen molar-refractivity contribution >= 4 is 28.5 Å². The van der Waals surface area contributed by atoms with E-state index in [0.29, 0.717) is 23.0 Å². The summed E-state index contributed by atoms with van der Waals surface area (Å²) in [5.41, 5.74) is 1.98. The molecule has 0 spiro atoms. The highest BCUT2D eigenvalue weighted by atomic mass is 32.2. The van der Waals surface area contributed by atoms with Crippen molar-refractivity contribution in [1.82, 2.24) is 25.2 Å². The fourth-order valence-electron chi connectivity index (χ4n) is 2.49. The van der Waals surface area contributed by atoms with E-state index < -0.39 is 0 Å². The number of oxime groups is 1. The van der Waals surface area contributed by atoms with Gasteiger partial charge in [-0.25, -0.2) is 9.67 Å². The maximum atomic E-state index is 12.0. The molecule has 0 atom stereocenters. The average molecular weight is 426 g/mol. The molecule has 1 N–H and O–H groups in total. The van der Waals surface area contributed by atoms with Crippen LogP contribution in [0.2, 0.25) is 0 Å². The lowest BCUT2D eigenvalue weighted by Gasteiger charge is -2.07. The smallest absolute Gasteiger partial charge is 0.284 e. The molecule has 156 valence electrons. The highest BCUT2D eigenvalue weighted by Gasteiger charge is 2.14. The van der Waals surface area contributed by atoms with Crippen LogP contribution in [0.1, 0.15) is 36.8 Å². The minimum Gasteiger partial charge on any atom is -0.389 e. The first-order chi connectivity index (χ1) is 14.7. The van der Waals surface area contributed by atoms with E-state index in [1.165, 1.54) is 16.4 Å². The predicted octanol–water partition coefficient (Wildman–Crippen LogP) is 3.64. The maximum absolute atomic E-state index is 12.0. The lowest BCUT2D eigenvalue weighted by molar-refractivity contribution is 0.128. The first kappa shape index (κ1) is 21.4. The van der Waals surface area contributed by atoms with Gasteiger partial charge in [-0.05, 0) is 29.0 Å². The summed E-state index contributed by atoms with van der Waals surface area (Å²) in [5.74, 6) is 1.76. The Morgan fingerprint density at radius 3 is 2.77 bits per heavy atom. The summed E-state index contributed by atoms with van der Waals surface area (Å²) in [6.07, 6.45) is 2.06. The first-order valence-electron chi connectivity index (χ1n) is 9.55. The van der Waals surface area contributed by atoms with Crippen molar-refractivity contribution in [2.75, 3.05) is 11.1 Å². The van der Waals surface area contributed by atoms with Gasteiger partial charge in [-0.3, -0.25) is 4.79 Å². The number of amides is 1. The van der Waals surface area contributed by atoms with Gasteiger partial charge in [0.2, 0.25) is 5.82 Å². The Morgan fingerprint density at radius 1 is 1.20 bits per heavy atom. The van der Waals surface area contributed by atoms with Gasteiger partial charge in [-0.1, -0.05) is 66.7 Å². The number of benzene rings is 1. The van der Waals surface area contributed by atoms with E-state index in [4.69, 9.17) is 4.84 Å². The zero-order valence-electron chi connectivity index (χ0n) is 16.9. The topological polar surface area (TPSA) is 107 Å². The molecule has 0 saturated heterocycles. The molecule has 9 nitrogen and oxygen atoms in total. The number of anilines is 1. The molecule has 1 aromatic carbocycles. The molecule has 2 heterocycles. The van der Waals surface area contributed by atoms with Crippen LogP contribution in [0.25, 0.3) is 0 Å². The Bertz CT molecular complexity index is 992. The van der Waals surface area contributed by atoms with Crippen molar-refractivity contribution in [3.63, 3.8) is 0 Å². The molecule has 1 amide bonds. The van der Waals surface area contributed by atoms with Gasteiger partial charge in [0.25, 0.3) is 5.24 Å². The summed E-state index contributed by atoms with van der Waals surface area (Å²) in [4.78, 5) is 21.9. The fraction of sp³-hybridized carbons (Fsp3) is 0.300. The number of unbranched alkanes of at least 4 members (excludes halogenated alkanes) is 1. The molecule has 3 rings (SSSR count). The molecule has 0 saturated carbocycles. The summed E-state index contributed by atoms with van der Waals surface area (Å²) in [6, 6.07) is 14.9. The molecular formula is C20H23N7O2S. The number of rotatable bonds is 9. The van der Waals surface area contributed by atoms with E-state index in [1.54, 1.807) is 13.1 Å². The van der Waals surface area contributed by atoms with Gasteiger partial charge in [0.05, 0.1) is 5.69 Å². The summed E-state index contributed by atoms with van der Waals surface area (Å²) in [6.45, 7) is 2.23. The molecule has 0 unspecified atom stereocenters. The van der Waals surface area contributed by atoms with Crippen LogP contribution in [0.4, 0.5) is 10.6 Å². The van der Waals surface area contributed by atoms with Crippen molar-refractivity contribution < 1.29 is 9.63 Å². The van der Waals surface area contributed by atoms with Crippen molar-refractivity contribution in [2.45, 2.75) is 26.4 Å². The van der Waals surface area contributed by atoms with Crippen LogP contribution in [0.5, 0.6) is 0 Å². The number of aryl methyl sites for hydroxylation is 1. The highest BCUT2D eigenvalue weighted by Crippen LogP contribution is 2.13. The number of pyridine rings is 1. The number of hydrogen-bond donors (Lipinski definition) is 1. The molecule has 30 heavy (non-hydrogen) atoms. The van der Waals surface area contributed by atoms with Crippen LogP contribution in [0, 0.1) is 0 Å². The number of carbonyl (C=O) groups excluding carboxylic acids is 1. The third-order valence-electron chi connectivity index (χ3n) is 4.02. The molecule has 3 aromatic rings. The lowest BCUT2D eigenvalue weighted by Crippen LogP contribution is -2.12. The van der Waals surface area contributed by atoms with Gasteiger partial charge in [-0.15, -0.1) is 5.10 Å². The van der Waals surface area contributed by atoms with E-state index in [9.17, 15) is 4.79 Å². The van der Waals surface area contributed by atoms with Gasteiger partial charge in [0, 0.05) is 18.4 Å². The van der Waals surface area contributed by atoms with Gasteiger partial charge >= 0.3 is 0 Å². The Hall–Kier alpha value is -3.27. The molecule has 0 radical (unpaired) electrons. The van der Waals surface area contributed by atoms with E-state index >= 15 is 0 Å². The quantitative estimate of drug-likeness (QED) is 0.317. The van der Waals surface area contributed by atoms with Gasteiger partial charge in [0.15, 0.2) is 12.3 Å². The van der Waals surface area contributed by atoms with Gasteiger partial charge in [-0.2, -0.15) is 0 Å². The number of nitrogens with one attached hydrogen (secondary N) is 1. The average Bonchev–Trinajstić information content (AvgIpc) is 3.18. The Kier molecular flexibility index (Phi) is 7.90. The summed E-state index contributed by atoms with van der Waals surface area (Å²) in [7, 11) is 1.74. The number of thioether (sulfide) groups is 1. The van der Waals surface area contributed by atoms with Crippen molar-refractivity contribution in [2.24, 2.45) is 12.2 Å². The summed E-state index contributed by atoms with van der Waals surface area (Å²) in [5, 5.41) is 18.5. The van der Waals surface area contributed by atoms with Crippen molar-refractivity contribution in [3.05, 3.63) is 65.6 Å². The molecule has 0 fully saturated rings. The molecule has 2 aromatic heterocycles. The van der Waals surface area contributed by atoms with E-state index in [-0.39, 0.29) is 11.8 Å². The van der Waals surface area contributed by atoms with Gasteiger partial charge < -0.3 is 10.2 Å². The van der Waals surface area contributed by atoms with Crippen LogP contribution in [0.3, 0.4) is 0 Å². The van der Waals surface area contributed by atoms with Crippen LogP contribution in [0.15, 0.2) is 53.7 Å². The maximum Gasteiger partial charge on any atom is 0.284 e. The van der Waals surface area contributed by atoms with E-state index in [1.807, 2.05) is 42.5 Å². The fourth-order valence-corrected chi connectivity index (χ4v) is 3.29. The molecular weight excluding hydrogens is 402 g/mol. The standard InChI is InChI=1S/C20H23N7O2S/c1-3-4-13-30-20(28)22-17-12-8-11-16(21-17)14-29-24-18(15-9-6-5-7-10-15)19-23-25-26-27(19)2/h5-12H,3-4,13-14H2,1-2H3,(H,21,22,28). The third kappa shape index (κ3) is 6.11. The number of tetrazole rings is 1. The minimum absolute atomic E-state index is 0.117.